The lowest BCUT2D eigenvalue weighted by atomic mass is 9.84. The first-order valence-electron chi connectivity index (χ1n) is 9.34. The van der Waals surface area contributed by atoms with Gasteiger partial charge in [-0.05, 0) is 43.4 Å². The van der Waals surface area contributed by atoms with E-state index in [1.54, 1.807) is 14.2 Å². The molecule has 1 aromatic rings. The van der Waals surface area contributed by atoms with Gasteiger partial charge in [0.15, 0.2) is 5.96 Å². The van der Waals surface area contributed by atoms with Gasteiger partial charge in [0.25, 0.3) is 0 Å². The van der Waals surface area contributed by atoms with Crippen LogP contribution in [0.15, 0.2) is 29.3 Å². The Hall–Kier alpha value is -1.19. The largest absolute Gasteiger partial charge is 0.497 e. The van der Waals surface area contributed by atoms with E-state index in [0.29, 0.717) is 25.3 Å². The molecule has 0 aliphatic heterocycles. The Bertz CT molecular complexity index is 642. The second-order valence-corrected chi connectivity index (χ2v) is 7.78. The van der Waals surface area contributed by atoms with Gasteiger partial charge in [-0.15, -0.1) is 24.0 Å². The number of methoxy groups -OCH3 is 1. The summed E-state index contributed by atoms with van der Waals surface area (Å²) in [6, 6.07) is 7.96. The van der Waals surface area contributed by atoms with Gasteiger partial charge in [0.1, 0.15) is 5.75 Å². The van der Waals surface area contributed by atoms with Crippen molar-refractivity contribution in [2.75, 3.05) is 20.7 Å². The molecule has 0 radical (unpaired) electrons. The van der Waals surface area contributed by atoms with Gasteiger partial charge in [-0.1, -0.05) is 26.0 Å². The third-order valence-electron chi connectivity index (χ3n) is 5.30. The van der Waals surface area contributed by atoms with E-state index in [4.69, 9.17) is 4.74 Å². The van der Waals surface area contributed by atoms with Gasteiger partial charge in [0.05, 0.1) is 13.0 Å². The molecule has 0 heterocycles. The molecule has 1 saturated carbocycles. The quantitative estimate of drug-likeness (QED) is 0.336. The van der Waals surface area contributed by atoms with Crippen molar-refractivity contribution >= 4 is 29.9 Å². The maximum absolute atomic E-state index is 12.8. The molecule has 0 atom stereocenters. The number of nitrogens with zero attached hydrogens (tertiary/aromatic N) is 1. The predicted molar refractivity (Wildman–Crippen MR) is 118 cm³/mol. The van der Waals surface area contributed by atoms with Crippen LogP contribution in [0, 0.1) is 5.92 Å². The summed E-state index contributed by atoms with van der Waals surface area (Å²) in [6.07, 6.45) is -2.72. The fourth-order valence-electron chi connectivity index (χ4n) is 3.40. The fraction of sp³-hybridized carbons (Fsp3) is 0.650. The minimum Gasteiger partial charge on any atom is -0.497 e. The summed E-state index contributed by atoms with van der Waals surface area (Å²) in [5.41, 5.74) is 0.968. The highest BCUT2D eigenvalue weighted by Crippen LogP contribution is 2.37. The standard InChI is InChI=1S/C20H30F3N3O.HI/c1-19(2,15-6-5-7-17(12-15)27-4)13-25-18(24-3)26-16-10-8-14(9-11-16)20(21,22)23;/h5-7,12,14,16H,8-11,13H2,1-4H3,(H2,24,25,26);1H. The van der Waals surface area contributed by atoms with E-state index < -0.39 is 12.1 Å². The Morgan fingerprint density at radius 3 is 2.36 bits per heavy atom. The van der Waals surface area contributed by atoms with Crippen molar-refractivity contribution in [1.29, 1.82) is 0 Å². The van der Waals surface area contributed by atoms with Gasteiger partial charge in [-0.3, -0.25) is 4.99 Å². The summed E-state index contributed by atoms with van der Waals surface area (Å²) in [5, 5.41) is 6.58. The molecule has 0 unspecified atom stereocenters. The van der Waals surface area contributed by atoms with E-state index in [-0.39, 0.29) is 48.3 Å². The van der Waals surface area contributed by atoms with Crippen molar-refractivity contribution in [1.82, 2.24) is 10.6 Å². The average Bonchev–Trinajstić information content (AvgIpc) is 2.64. The van der Waals surface area contributed by atoms with Crippen LogP contribution in [0.25, 0.3) is 0 Å². The van der Waals surface area contributed by atoms with Crippen molar-refractivity contribution < 1.29 is 17.9 Å². The Morgan fingerprint density at radius 1 is 1.18 bits per heavy atom. The lowest BCUT2D eigenvalue weighted by Gasteiger charge is -2.32. The predicted octanol–water partition coefficient (Wildman–Crippen LogP) is 4.88. The van der Waals surface area contributed by atoms with Crippen molar-refractivity contribution in [2.45, 2.75) is 57.2 Å². The van der Waals surface area contributed by atoms with E-state index in [0.717, 1.165) is 11.3 Å². The number of ether oxygens (including phenoxy) is 1. The maximum atomic E-state index is 12.8. The molecule has 0 aromatic heterocycles. The number of guanidine groups is 1. The van der Waals surface area contributed by atoms with E-state index in [9.17, 15) is 13.2 Å². The first-order chi connectivity index (χ1) is 12.7. The SMILES string of the molecule is CN=C(NCC(C)(C)c1cccc(OC)c1)NC1CCC(C(F)(F)F)CC1.I. The number of nitrogens with one attached hydrogen (secondary N) is 2. The molecule has 0 saturated heterocycles. The van der Waals surface area contributed by atoms with Crippen LogP contribution >= 0.6 is 24.0 Å². The minimum absolute atomic E-state index is 0. The third-order valence-corrected chi connectivity index (χ3v) is 5.30. The number of hydrogen-bond acceptors (Lipinski definition) is 2. The molecule has 1 fully saturated rings. The summed E-state index contributed by atoms with van der Waals surface area (Å²) < 4.78 is 43.7. The summed E-state index contributed by atoms with van der Waals surface area (Å²) in [5.74, 6) is 0.267. The third kappa shape index (κ3) is 7.00. The van der Waals surface area contributed by atoms with Crippen LogP contribution in [0.2, 0.25) is 0 Å². The normalized spacial score (nSPS) is 20.9. The van der Waals surface area contributed by atoms with Crippen LogP contribution in [-0.4, -0.2) is 38.9 Å². The second kappa shape index (κ2) is 10.5. The average molecular weight is 513 g/mol. The van der Waals surface area contributed by atoms with Crippen LogP contribution in [0.1, 0.15) is 45.1 Å². The number of hydrogen-bond donors (Lipinski definition) is 2. The lowest BCUT2D eigenvalue weighted by molar-refractivity contribution is -0.182. The Kier molecular flexibility index (Phi) is 9.36. The van der Waals surface area contributed by atoms with Crippen LogP contribution in [-0.2, 0) is 5.41 Å². The van der Waals surface area contributed by atoms with Crippen LogP contribution < -0.4 is 15.4 Å². The van der Waals surface area contributed by atoms with Crippen molar-refractivity contribution in [3.8, 4) is 5.75 Å². The van der Waals surface area contributed by atoms with Crippen molar-refractivity contribution in [3.63, 3.8) is 0 Å². The van der Waals surface area contributed by atoms with Gasteiger partial charge in [0.2, 0.25) is 0 Å². The van der Waals surface area contributed by atoms with Crippen LogP contribution in [0.4, 0.5) is 13.2 Å². The van der Waals surface area contributed by atoms with Gasteiger partial charge < -0.3 is 15.4 Å². The summed E-state index contributed by atoms with van der Waals surface area (Å²) in [7, 11) is 3.32. The topological polar surface area (TPSA) is 45.7 Å². The minimum atomic E-state index is -4.08. The molecule has 1 aliphatic rings. The molecule has 4 nitrogen and oxygen atoms in total. The van der Waals surface area contributed by atoms with E-state index >= 15 is 0 Å². The molecule has 0 spiro atoms. The Labute approximate surface area is 182 Å². The number of rotatable bonds is 5. The summed E-state index contributed by atoms with van der Waals surface area (Å²) >= 11 is 0. The molecule has 2 N–H and O–H groups in total. The van der Waals surface area contributed by atoms with Crippen LogP contribution in [0.5, 0.6) is 5.75 Å². The summed E-state index contributed by atoms with van der Waals surface area (Å²) in [6.45, 7) is 4.88. The zero-order valence-corrected chi connectivity index (χ0v) is 19.2. The number of halogens is 4. The van der Waals surface area contributed by atoms with Crippen LogP contribution in [0.3, 0.4) is 0 Å². The smallest absolute Gasteiger partial charge is 0.391 e. The maximum Gasteiger partial charge on any atom is 0.391 e. The number of alkyl halides is 3. The van der Waals surface area contributed by atoms with Gasteiger partial charge in [-0.2, -0.15) is 13.2 Å². The number of aliphatic imine (C=N–C) groups is 1. The molecule has 160 valence electrons. The molecular weight excluding hydrogens is 482 g/mol. The van der Waals surface area contributed by atoms with Crippen molar-refractivity contribution in [2.24, 2.45) is 10.9 Å². The number of benzene rings is 1. The highest BCUT2D eigenvalue weighted by atomic mass is 127. The van der Waals surface area contributed by atoms with E-state index in [1.807, 2.05) is 18.2 Å². The molecule has 0 amide bonds. The fourth-order valence-corrected chi connectivity index (χ4v) is 3.40. The summed E-state index contributed by atoms with van der Waals surface area (Å²) in [4.78, 5) is 4.23. The Morgan fingerprint density at radius 2 is 1.82 bits per heavy atom. The zero-order valence-electron chi connectivity index (χ0n) is 16.9. The van der Waals surface area contributed by atoms with E-state index in [2.05, 4.69) is 35.5 Å². The van der Waals surface area contributed by atoms with Gasteiger partial charge >= 0.3 is 6.18 Å². The highest BCUT2D eigenvalue weighted by molar-refractivity contribution is 14.0. The van der Waals surface area contributed by atoms with Gasteiger partial charge in [0, 0.05) is 25.0 Å². The van der Waals surface area contributed by atoms with E-state index in [1.165, 1.54) is 0 Å². The first-order valence-corrected chi connectivity index (χ1v) is 9.34. The second-order valence-electron chi connectivity index (χ2n) is 7.78. The molecule has 1 aromatic carbocycles. The highest BCUT2D eigenvalue weighted by Gasteiger charge is 2.41. The molecule has 0 bridgehead atoms. The zero-order chi connectivity index (χ0) is 20.1. The monoisotopic (exact) mass is 513 g/mol. The molecular formula is C20H31F3IN3O. The van der Waals surface area contributed by atoms with Crippen molar-refractivity contribution in [3.05, 3.63) is 29.8 Å². The molecule has 2 rings (SSSR count). The molecule has 1 aliphatic carbocycles. The first kappa shape index (κ1) is 24.8. The lowest BCUT2D eigenvalue weighted by Crippen LogP contribution is -2.48. The Balaban J connectivity index is 0.00000392. The molecule has 8 heteroatoms. The van der Waals surface area contributed by atoms with Gasteiger partial charge in [-0.25, -0.2) is 0 Å². The molecule has 28 heavy (non-hydrogen) atoms.